The van der Waals surface area contributed by atoms with Crippen molar-refractivity contribution >= 4 is 0 Å². The fraction of sp³-hybridized carbons (Fsp3) is 0.600. The van der Waals surface area contributed by atoms with Crippen molar-refractivity contribution in [1.82, 2.24) is 5.32 Å². The van der Waals surface area contributed by atoms with Crippen molar-refractivity contribution in [2.75, 3.05) is 6.54 Å². The van der Waals surface area contributed by atoms with E-state index in [4.69, 9.17) is 0 Å². The Balaban J connectivity index is 2.02. The Bertz CT molecular complexity index is 74.0. The topological polar surface area (TPSA) is 12.0 Å². The monoisotopic (exact) mass is 83.1 g/mol. The summed E-state index contributed by atoms with van der Waals surface area (Å²) in [6, 6.07) is 0. The van der Waals surface area contributed by atoms with E-state index in [-0.39, 0.29) is 0 Å². The van der Waals surface area contributed by atoms with E-state index >= 15 is 0 Å². The molecule has 0 amide bonds. The Labute approximate surface area is 38.1 Å². The minimum absolute atomic E-state index is 1.08. The Kier molecular flexibility index (Phi) is 0.825. The van der Waals surface area contributed by atoms with Crippen LogP contribution in [-0.4, -0.2) is 6.54 Å². The van der Waals surface area contributed by atoms with Crippen molar-refractivity contribution in [2.24, 2.45) is 0 Å². The number of hydrogen-bond donors (Lipinski definition) is 1. The van der Waals surface area contributed by atoms with Gasteiger partial charge in [-0.15, -0.1) is 0 Å². The third-order valence-corrected chi connectivity index (χ3v) is 0.812. The van der Waals surface area contributed by atoms with E-state index in [1.807, 2.05) is 0 Å². The summed E-state index contributed by atoms with van der Waals surface area (Å²) in [5, 5.41) is 3.18. The second-order valence-corrected chi connectivity index (χ2v) is 1.46. The Morgan fingerprint density at radius 3 is 2.83 bits per heavy atom. The predicted octanol–water partition coefficient (Wildman–Crippen LogP) is 0.883. The van der Waals surface area contributed by atoms with Crippen LogP contribution in [0, 0.1) is 0 Å². The molecule has 1 aliphatic carbocycles. The maximum absolute atomic E-state index is 3.18. The second kappa shape index (κ2) is 1.33. The lowest BCUT2D eigenvalue weighted by atomic mass is 10.7. The summed E-state index contributed by atoms with van der Waals surface area (Å²) in [4.78, 5) is 0. The molecule has 0 aromatic rings. The average molecular weight is 83.1 g/mol. The van der Waals surface area contributed by atoms with Gasteiger partial charge in [-0.1, -0.05) is 6.08 Å². The quantitative estimate of drug-likeness (QED) is 0.522. The number of hydrogen-bond acceptors (Lipinski definition) is 1. The van der Waals surface area contributed by atoms with E-state index in [2.05, 4.69) is 18.3 Å². The van der Waals surface area contributed by atoms with Crippen LogP contribution in [0.15, 0.2) is 11.8 Å². The second-order valence-electron chi connectivity index (χ2n) is 1.46. The molecule has 0 heterocycles. The molecular weight excluding hydrogens is 74.1 g/mol. The molecule has 0 spiro atoms. The van der Waals surface area contributed by atoms with Crippen molar-refractivity contribution in [2.45, 2.75) is 13.3 Å². The highest BCUT2D eigenvalue weighted by Gasteiger charge is 2.01. The molecule has 1 N–H and O–H groups in total. The van der Waals surface area contributed by atoms with Crippen LogP contribution in [0.4, 0.5) is 0 Å². The summed E-state index contributed by atoms with van der Waals surface area (Å²) in [5.74, 6) is 0. The molecule has 1 aliphatic rings. The zero-order valence-electron chi connectivity index (χ0n) is 3.99. The summed E-state index contributed by atoms with van der Waals surface area (Å²) in [7, 11) is 0. The first kappa shape index (κ1) is 3.72. The average Bonchev–Trinajstić information content (AvgIpc) is 2.21. The molecule has 1 heteroatoms. The molecule has 0 aromatic heterocycles. The Hall–Kier alpha value is -0.460. The smallest absolute Gasteiger partial charge is 0.0115 e. The summed E-state index contributed by atoms with van der Waals surface area (Å²) < 4.78 is 0. The van der Waals surface area contributed by atoms with Gasteiger partial charge in [0.1, 0.15) is 0 Å². The summed E-state index contributed by atoms with van der Waals surface area (Å²) in [6.45, 7) is 3.19. The molecule has 1 nitrogen and oxygen atoms in total. The zero-order valence-corrected chi connectivity index (χ0v) is 3.99. The van der Waals surface area contributed by atoms with Crippen LogP contribution in [0.25, 0.3) is 0 Å². The van der Waals surface area contributed by atoms with E-state index < -0.39 is 0 Å². The highest BCUT2D eigenvalue weighted by molar-refractivity contribution is 5.18. The number of rotatable bonds is 2. The standard InChI is InChI=1S/C5H9N/c1-2-6-5-3-4-5/h3,6H,2,4H2,1H3. The molecule has 6 heavy (non-hydrogen) atoms. The fourth-order valence-electron chi connectivity index (χ4n) is 0.422. The van der Waals surface area contributed by atoms with Crippen LogP contribution < -0.4 is 5.32 Å². The molecule has 0 aromatic carbocycles. The normalized spacial score (nSPS) is 16.5. The SMILES string of the molecule is CCNC1=CC1. The van der Waals surface area contributed by atoms with Gasteiger partial charge in [0.2, 0.25) is 0 Å². The van der Waals surface area contributed by atoms with Crippen molar-refractivity contribution in [1.29, 1.82) is 0 Å². The Morgan fingerprint density at radius 2 is 2.67 bits per heavy atom. The van der Waals surface area contributed by atoms with Crippen molar-refractivity contribution in [3.05, 3.63) is 11.8 Å². The van der Waals surface area contributed by atoms with Crippen LogP contribution >= 0.6 is 0 Å². The van der Waals surface area contributed by atoms with E-state index in [1.165, 1.54) is 12.1 Å². The van der Waals surface area contributed by atoms with Crippen molar-refractivity contribution < 1.29 is 0 Å². The van der Waals surface area contributed by atoms with Gasteiger partial charge in [-0.05, 0) is 6.92 Å². The van der Waals surface area contributed by atoms with Gasteiger partial charge in [-0.3, -0.25) is 0 Å². The van der Waals surface area contributed by atoms with Crippen LogP contribution in [0.3, 0.4) is 0 Å². The third kappa shape index (κ3) is 0.744. The van der Waals surface area contributed by atoms with Gasteiger partial charge in [0.05, 0.1) is 0 Å². The van der Waals surface area contributed by atoms with Crippen molar-refractivity contribution in [3.63, 3.8) is 0 Å². The zero-order chi connectivity index (χ0) is 4.41. The maximum Gasteiger partial charge on any atom is 0.0115 e. The van der Waals surface area contributed by atoms with Gasteiger partial charge in [0.15, 0.2) is 0 Å². The van der Waals surface area contributed by atoms with Gasteiger partial charge in [0.25, 0.3) is 0 Å². The lowest BCUT2D eigenvalue weighted by Gasteiger charge is -1.88. The van der Waals surface area contributed by atoms with Crippen molar-refractivity contribution in [3.8, 4) is 0 Å². The van der Waals surface area contributed by atoms with Gasteiger partial charge in [0, 0.05) is 18.7 Å². The minimum atomic E-state index is 1.08. The molecule has 0 aliphatic heterocycles. The molecule has 0 fully saturated rings. The molecular formula is C5H9N. The molecule has 0 unspecified atom stereocenters. The maximum atomic E-state index is 3.18. The molecule has 0 radical (unpaired) electrons. The number of nitrogens with one attached hydrogen (secondary N) is 1. The summed E-state index contributed by atoms with van der Waals surface area (Å²) in [6.07, 6.45) is 3.39. The highest BCUT2D eigenvalue weighted by Crippen LogP contribution is 2.12. The van der Waals surface area contributed by atoms with E-state index in [1.54, 1.807) is 0 Å². The van der Waals surface area contributed by atoms with Gasteiger partial charge >= 0.3 is 0 Å². The third-order valence-electron chi connectivity index (χ3n) is 0.812. The van der Waals surface area contributed by atoms with Crippen LogP contribution in [0.2, 0.25) is 0 Å². The van der Waals surface area contributed by atoms with E-state index in [0.29, 0.717) is 0 Å². The fourth-order valence-corrected chi connectivity index (χ4v) is 0.422. The minimum Gasteiger partial charge on any atom is -0.389 e. The van der Waals surface area contributed by atoms with Crippen LogP contribution in [0.5, 0.6) is 0 Å². The molecule has 0 atom stereocenters. The molecule has 1 rings (SSSR count). The first-order valence-corrected chi connectivity index (χ1v) is 2.36. The molecule has 0 saturated heterocycles. The van der Waals surface area contributed by atoms with Gasteiger partial charge < -0.3 is 5.32 Å². The molecule has 0 saturated carbocycles. The van der Waals surface area contributed by atoms with Gasteiger partial charge in [-0.25, -0.2) is 0 Å². The first-order valence-electron chi connectivity index (χ1n) is 2.36. The first-order chi connectivity index (χ1) is 2.93. The summed E-state index contributed by atoms with van der Waals surface area (Å²) >= 11 is 0. The van der Waals surface area contributed by atoms with Gasteiger partial charge in [-0.2, -0.15) is 0 Å². The summed E-state index contributed by atoms with van der Waals surface area (Å²) in [5.41, 5.74) is 1.41. The Morgan fingerprint density at radius 1 is 2.00 bits per heavy atom. The lowest BCUT2D eigenvalue weighted by Crippen LogP contribution is -2.03. The largest absolute Gasteiger partial charge is 0.389 e. The van der Waals surface area contributed by atoms with E-state index in [9.17, 15) is 0 Å². The van der Waals surface area contributed by atoms with Crippen LogP contribution in [0.1, 0.15) is 13.3 Å². The molecule has 34 valence electrons. The van der Waals surface area contributed by atoms with Crippen LogP contribution in [-0.2, 0) is 0 Å². The van der Waals surface area contributed by atoms with E-state index in [0.717, 1.165) is 6.54 Å². The highest BCUT2D eigenvalue weighted by atomic mass is 14.9. The lowest BCUT2D eigenvalue weighted by molar-refractivity contribution is 0.881. The molecule has 0 bridgehead atoms. The number of allylic oxidation sites excluding steroid dienone is 2. The predicted molar refractivity (Wildman–Crippen MR) is 26.4 cm³/mol.